The predicted molar refractivity (Wildman–Crippen MR) is 87.0 cm³/mol. The van der Waals surface area contributed by atoms with E-state index in [-0.39, 0.29) is 17.9 Å². The number of fused-ring (bicyclic) bond motifs is 1. The average molecular weight is 348 g/mol. The van der Waals surface area contributed by atoms with Gasteiger partial charge in [-0.3, -0.25) is 0 Å². The average Bonchev–Trinajstić information content (AvgIpc) is 3.32. The molecule has 2 aliphatic rings. The number of esters is 1. The Morgan fingerprint density at radius 3 is 3.12 bits per heavy atom. The molecule has 1 fully saturated rings. The Bertz CT molecular complexity index is 733. The number of thiazole rings is 1. The molecule has 24 heavy (non-hydrogen) atoms. The molecule has 2 unspecified atom stereocenters. The van der Waals surface area contributed by atoms with Crippen molar-refractivity contribution >= 4 is 17.3 Å². The number of aromatic nitrogens is 2. The first-order chi connectivity index (χ1) is 11.8. The maximum absolute atomic E-state index is 12.6. The van der Waals surface area contributed by atoms with Gasteiger partial charge in [-0.1, -0.05) is 6.92 Å². The second-order valence-electron chi connectivity index (χ2n) is 6.13. The van der Waals surface area contributed by atoms with Crippen LogP contribution < -0.4 is 0 Å². The maximum Gasteiger partial charge on any atom is 0.361 e. The lowest BCUT2D eigenvalue weighted by Crippen LogP contribution is -2.17. The molecule has 3 heterocycles. The van der Waals surface area contributed by atoms with Crippen molar-refractivity contribution in [1.82, 2.24) is 9.97 Å². The normalized spacial score (nSPS) is 23.2. The lowest BCUT2D eigenvalue weighted by Gasteiger charge is -2.21. The van der Waals surface area contributed by atoms with Crippen molar-refractivity contribution in [3.05, 3.63) is 33.4 Å². The van der Waals surface area contributed by atoms with Crippen LogP contribution in [0, 0.1) is 0 Å². The van der Waals surface area contributed by atoms with Crippen LogP contribution in [-0.2, 0) is 22.3 Å². The first kappa shape index (κ1) is 15.8. The van der Waals surface area contributed by atoms with Crippen LogP contribution in [0.15, 0.2) is 10.8 Å². The van der Waals surface area contributed by atoms with Gasteiger partial charge >= 0.3 is 5.97 Å². The molecule has 7 heteroatoms. The summed E-state index contributed by atoms with van der Waals surface area (Å²) in [6.45, 7) is 2.78. The van der Waals surface area contributed by atoms with Crippen molar-refractivity contribution in [2.45, 2.75) is 57.7 Å². The standard InChI is InChI=1S/C17H20N2O4S/c1-2-13-19-10-5-3-6-12(16(10)24-13)23-17(20)14-15(22-9-18-14)11-7-4-8-21-11/h9,11-12H,2-8H2,1H3. The van der Waals surface area contributed by atoms with E-state index in [1.54, 1.807) is 11.3 Å². The smallest absolute Gasteiger partial charge is 0.361 e. The van der Waals surface area contributed by atoms with E-state index < -0.39 is 5.97 Å². The van der Waals surface area contributed by atoms with Gasteiger partial charge in [0, 0.05) is 6.61 Å². The summed E-state index contributed by atoms with van der Waals surface area (Å²) in [6.07, 6.45) is 6.37. The minimum absolute atomic E-state index is 0.188. The monoisotopic (exact) mass is 348 g/mol. The number of aryl methyl sites for hydroxylation is 2. The summed E-state index contributed by atoms with van der Waals surface area (Å²) in [4.78, 5) is 22.4. The van der Waals surface area contributed by atoms with Gasteiger partial charge in [0.15, 0.2) is 17.8 Å². The minimum atomic E-state index is -0.432. The van der Waals surface area contributed by atoms with Gasteiger partial charge in [-0.05, 0) is 38.5 Å². The highest BCUT2D eigenvalue weighted by Crippen LogP contribution is 2.38. The lowest BCUT2D eigenvalue weighted by molar-refractivity contribution is 0.0244. The van der Waals surface area contributed by atoms with E-state index in [4.69, 9.17) is 13.9 Å². The Morgan fingerprint density at radius 2 is 2.33 bits per heavy atom. The minimum Gasteiger partial charge on any atom is -0.452 e. The molecule has 0 amide bonds. The van der Waals surface area contributed by atoms with Crippen LogP contribution in [0.2, 0.25) is 0 Å². The molecule has 2 aromatic heterocycles. The summed E-state index contributed by atoms with van der Waals surface area (Å²) in [5.74, 6) is 0.0608. The number of ether oxygens (including phenoxy) is 2. The molecule has 0 radical (unpaired) electrons. The van der Waals surface area contributed by atoms with Gasteiger partial charge in [0.1, 0.15) is 12.2 Å². The van der Waals surface area contributed by atoms with Crippen molar-refractivity contribution < 1.29 is 18.7 Å². The highest BCUT2D eigenvalue weighted by molar-refractivity contribution is 7.11. The maximum atomic E-state index is 12.6. The van der Waals surface area contributed by atoms with Gasteiger partial charge in [-0.2, -0.15) is 0 Å². The molecular formula is C17H20N2O4S. The summed E-state index contributed by atoms with van der Waals surface area (Å²) in [5.41, 5.74) is 1.33. The van der Waals surface area contributed by atoms with Gasteiger partial charge in [-0.15, -0.1) is 11.3 Å². The van der Waals surface area contributed by atoms with Gasteiger partial charge in [0.05, 0.1) is 15.6 Å². The van der Waals surface area contributed by atoms with E-state index >= 15 is 0 Å². The van der Waals surface area contributed by atoms with Crippen molar-refractivity contribution in [2.75, 3.05) is 6.61 Å². The van der Waals surface area contributed by atoms with E-state index in [0.29, 0.717) is 12.4 Å². The van der Waals surface area contributed by atoms with E-state index in [9.17, 15) is 4.79 Å². The Kier molecular flexibility index (Phi) is 4.37. The van der Waals surface area contributed by atoms with Gasteiger partial charge in [0.2, 0.25) is 0 Å². The molecular weight excluding hydrogens is 328 g/mol. The van der Waals surface area contributed by atoms with Gasteiger partial charge in [0.25, 0.3) is 0 Å². The van der Waals surface area contributed by atoms with E-state index in [1.165, 1.54) is 6.39 Å². The summed E-state index contributed by atoms with van der Waals surface area (Å²) < 4.78 is 16.8. The van der Waals surface area contributed by atoms with Crippen LogP contribution in [0.25, 0.3) is 0 Å². The SMILES string of the molecule is CCc1nc2c(s1)C(OC(=O)c1ncoc1C1CCCO1)CCC2. The Morgan fingerprint density at radius 1 is 1.42 bits per heavy atom. The molecule has 1 aliphatic carbocycles. The van der Waals surface area contributed by atoms with E-state index in [1.807, 2.05) is 0 Å². The number of nitrogens with zero attached hydrogens (tertiary/aromatic N) is 2. The molecule has 0 N–H and O–H groups in total. The molecule has 6 nitrogen and oxygen atoms in total. The number of carbonyl (C=O) groups is 1. The van der Waals surface area contributed by atoms with Crippen LogP contribution in [0.5, 0.6) is 0 Å². The fourth-order valence-electron chi connectivity index (χ4n) is 3.30. The number of hydrogen-bond donors (Lipinski definition) is 0. The summed E-state index contributed by atoms with van der Waals surface area (Å²) >= 11 is 1.66. The van der Waals surface area contributed by atoms with Crippen LogP contribution >= 0.6 is 11.3 Å². The number of hydrogen-bond acceptors (Lipinski definition) is 7. The number of oxazole rings is 1. The third-order valence-corrected chi connectivity index (χ3v) is 5.84. The zero-order valence-corrected chi connectivity index (χ0v) is 14.4. The van der Waals surface area contributed by atoms with Crippen LogP contribution in [0.4, 0.5) is 0 Å². The molecule has 1 saturated heterocycles. The van der Waals surface area contributed by atoms with E-state index in [2.05, 4.69) is 16.9 Å². The van der Waals surface area contributed by atoms with Crippen molar-refractivity contribution in [1.29, 1.82) is 0 Å². The molecule has 1 aliphatic heterocycles. The van der Waals surface area contributed by atoms with Gasteiger partial charge in [-0.25, -0.2) is 14.8 Å². The Balaban J connectivity index is 1.53. The molecule has 0 aromatic carbocycles. The first-order valence-electron chi connectivity index (χ1n) is 8.50. The van der Waals surface area contributed by atoms with Crippen molar-refractivity contribution in [3.63, 3.8) is 0 Å². The Labute approximate surface area is 144 Å². The quantitative estimate of drug-likeness (QED) is 0.783. The second kappa shape index (κ2) is 6.64. The fraction of sp³-hybridized carbons (Fsp3) is 0.588. The Hall–Kier alpha value is -1.73. The van der Waals surface area contributed by atoms with Gasteiger partial charge < -0.3 is 13.9 Å². The van der Waals surface area contributed by atoms with Crippen LogP contribution in [0.1, 0.15) is 76.6 Å². The predicted octanol–water partition coefficient (Wildman–Crippen LogP) is 3.78. The van der Waals surface area contributed by atoms with E-state index in [0.717, 1.165) is 54.1 Å². The third kappa shape index (κ3) is 2.86. The summed E-state index contributed by atoms with van der Waals surface area (Å²) in [5, 5.41) is 1.10. The molecule has 2 aromatic rings. The van der Waals surface area contributed by atoms with Crippen molar-refractivity contribution in [2.24, 2.45) is 0 Å². The topological polar surface area (TPSA) is 74.5 Å². The highest BCUT2D eigenvalue weighted by atomic mass is 32.1. The second-order valence-corrected chi connectivity index (χ2v) is 7.24. The highest BCUT2D eigenvalue weighted by Gasteiger charge is 2.32. The molecule has 128 valence electrons. The first-order valence-corrected chi connectivity index (χ1v) is 9.32. The number of rotatable bonds is 4. The molecule has 2 atom stereocenters. The zero-order valence-electron chi connectivity index (χ0n) is 13.6. The fourth-order valence-corrected chi connectivity index (χ4v) is 4.42. The van der Waals surface area contributed by atoms with Crippen LogP contribution in [0.3, 0.4) is 0 Å². The summed E-state index contributed by atoms with van der Waals surface area (Å²) in [7, 11) is 0. The lowest BCUT2D eigenvalue weighted by atomic mass is 10.0. The molecule has 0 bridgehead atoms. The van der Waals surface area contributed by atoms with Crippen LogP contribution in [-0.4, -0.2) is 22.5 Å². The molecule has 4 rings (SSSR count). The third-order valence-electron chi connectivity index (χ3n) is 4.51. The molecule has 0 saturated carbocycles. The summed E-state index contributed by atoms with van der Waals surface area (Å²) in [6, 6.07) is 0. The molecule has 0 spiro atoms. The number of carbonyl (C=O) groups excluding carboxylic acids is 1. The largest absolute Gasteiger partial charge is 0.452 e. The van der Waals surface area contributed by atoms with Crippen molar-refractivity contribution in [3.8, 4) is 0 Å². The zero-order chi connectivity index (χ0) is 16.5.